The molecule has 1 aromatic heterocycles. The van der Waals surface area contributed by atoms with Crippen molar-refractivity contribution in [1.29, 1.82) is 0 Å². The van der Waals surface area contributed by atoms with Crippen molar-refractivity contribution in [2.75, 3.05) is 11.1 Å². The Kier molecular flexibility index (Phi) is 6.50. The van der Waals surface area contributed by atoms with Crippen LogP contribution in [0.25, 0.3) is 16.9 Å². The number of carbonyl (C=O) groups is 1. The molecule has 0 radical (unpaired) electrons. The molecule has 0 aliphatic heterocycles. The minimum Gasteiger partial charge on any atom is -0.325 e. The van der Waals surface area contributed by atoms with E-state index < -0.39 is 4.92 Å². The number of rotatable bonds is 7. The first-order chi connectivity index (χ1) is 15.9. The summed E-state index contributed by atoms with van der Waals surface area (Å²) in [6, 6.07) is 19.5. The minimum atomic E-state index is -0.465. The number of halogens is 1. The Morgan fingerprint density at radius 2 is 1.85 bits per heavy atom. The zero-order valence-corrected chi connectivity index (χ0v) is 18.4. The van der Waals surface area contributed by atoms with E-state index in [2.05, 4.69) is 10.3 Å². The van der Waals surface area contributed by atoms with Gasteiger partial charge in [0.15, 0.2) is 5.16 Å². The van der Waals surface area contributed by atoms with Gasteiger partial charge in [0.2, 0.25) is 5.91 Å². The molecule has 3 aromatic carbocycles. The van der Waals surface area contributed by atoms with Gasteiger partial charge in [0.25, 0.3) is 5.69 Å². The zero-order chi connectivity index (χ0) is 23.4. The van der Waals surface area contributed by atoms with Crippen LogP contribution in [0.1, 0.15) is 5.56 Å². The Hall–Kier alpha value is -3.98. The Morgan fingerprint density at radius 1 is 1.12 bits per heavy atom. The van der Waals surface area contributed by atoms with Crippen LogP contribution < -0.4 is 5.32 Å². The molecule has 0 atom stereocenters. The molecule has 0 spiro atoms. The maximum atomic E-state index is 13.5. The molecule has 1 N–H and O–H groups in total. The van der Waals surface area contributed by atoms with Crippen molar-refractivity contribution < 1.29 is 14.1 Å². The fraction of sp³-hybridized carbons (Fsp3) is 0.0833. The predicted octanol–water partition coefficient (Wildman–Crippen LogP) is 5.63. The summed E-state index contributed by atoms with van der Waals surface area (Å²) >= 11 is 1.21. The van der Waals surface area contributed by atoms with E-state index in [-0.39, 0.29) is 23.2 Å². The molecule has 0 aliphatic rings. The quantitative estimate of drug-likeness (QED) is 0.219. The summed E-state index contributed by atoms with van der Waals surface area (Å²) in [7, 11) is 0. The number of carbonyl (C=O) groups excluding carboxylic acids is 1. The topological polar surface area (TPSA) is 90.1 Å². The Labute approximate surface area is 193 Å². The lowest BCUT2D eigenvalue weighted by atomic mass is 10.1. The fourth-order valence-corrected chi connectivity index (χ4v) is 4.02. The highest BCUT2D eigenvalue weighted by Gasteiger charge is 2.17. The summed E-state index contributed by atoms with van der Waals surface area (Å²) < 4.78 is 15.3. The monoisotopic (exact) mass is 462 g/mol. The number of benzene rings is 3. The summed E-state index contributed by atoms with van der Waals surface area (Å²) in [5, 5.41) is 14.6. The number of aromatic nitrogens is 2. The largest absolute Gasteiger partial charge is 0.325 e. The van der Waals surface area contributed by atoms with Gasteiger partial charge in [0.05, 0.1) is 22.6 Å². The number of imidazole rings is 1. The van der Waals surface area contributed by atoms with E-state index in [4.69, 9.17) is 0 Å². The van der Waals surface area contributed by atoms with Crippen molar-refractivity contribution >= 4 is 29.0 Å². The second-order valence-corrected chi connectivity index (χ2v) is 8.19. The first-order valence-electron chi connectivity index (χ1n) is 9.98. The van der Waals surface area contributed by atoms with E-state index in [1.807, 2.05) is 31.2 Å². The van der Waals surface area contributed by atoms with Gasteiger partial charge in [-0.2, -0.15) is 0 Å². The number of nitrogens with one attached hydrogen (secondary N) is 1. The van der Waals surface area contributed by atoms with Crippen LogP contribution in [0.3, 0.4) is 0 Å². The van der Waals surface area contributed by atoms with E-state index in [1.165, 1.54) is 36.0 Å². The van der Waals surface area contributed by atoms with Crippen LogP contribution in [0.5, 0.6) is 0 Å². The Balaban J connectivity index is 1.63. The summed E-state index contributed by atoms with van der Waals surface area (Å²) in [6.45, 7) is 1.97. The average Bonchev–Trinajstić information content (AvgIpc) is 3.24. The molecule has 9 heteroatoms. The summed E-state index contributed by atoms with van der Waals surface area (Å²) in [5.41, 5.74) is 3.54. The molecule has 0 saturated heterocycles. The second kappa shape index (κ2) is 9.66. The molecular weight excluding hydrogens is 443 g/mol. The normalized spacial score (nSPS) is 10.7. The standard InChI is InChI=1S/C24H19FN4O3S/c1-16-5-9-19(10-6-16)27-23(30)15-33-24-26-14-22(17-3-2-4-21(13-17)29(31)32)28(24)20-11-7-18(25)8-12-20/h2-14H,15H2,1H3,(H,27,30). The molecule has 166 valence electrons. The van der Waals surface area contributed by atoms with Gasteiger partial charge in [-0.15, -0.1) is 0 Å². The van der Waals surface area contributed by atoms with Crippen LogP contribution in [0.4, 0.5) is 15.8 Å². The zero-order valence-electron chi connectivity index (χ0n) is 17.6. The predicted molar refractivity (Wildman–Crippen MR) is 126 cm³/mol. The lowest BCUT2D eigenvalue weighted by Gasteiger charge is -2.12. The number of hydrogen-bond acceptors (Lipinski definition) is 5. The third kappa shape index (κ3) is 5.27. The maximum Gasteiger partial charge on any atom is 0.270 e. The molecule has 0 saturated carbocycles. The number of amides is 1. The van der Waals surface area contributed by atoms with Crippen molar-refractivity contribution in [3.05, 3.63) is 100 Å². The molecule has 33 heavy (non-hydrogen) atoms. The van der Waals surface area contributed by atoms with Crippen molar-refractivity contribution in [3.63, 3.8) is 0 Å². The van der Waals surface area contributed by atoms with E-state index in [1.54, 1.807) is 35.0 Å². The molecule has 0 fully saturated rings. The summed E-state index contributed by atoms with van der Waals surface area (Å²) in [6.07, 6.45) is 1.59. The van der Waals surface area contributed by atoms with Crippen molar-refractivity contribution in [2.24, 2.45) is 0 Å². The first kappa shape index (κ1) is 22.2. The third-order valence-electron chi connectivity index (χ3n) is 4.83. The van der Waals surface area contributed by atoms with Gasteiger partial charge in [0.1, 0.15) is 5.82 Å². The Bertz CT molecular complexity index is 1300. The number of anilines is 1. The van der Waals surface area contributed by atoms with E-state index >= 15 is 0 Å². The number of non-ortho nitro benzene ring substituents is 1. The van der Waals surface area contributed by atoms with Crippen LogP contribution in [0, 0.1) is 22.9 Å². The van der Waals surface area contributed by atoms with Crippen LogP contribution in [0.2, 0.25) is 0 Å². The fourth-order valence-electron chi connectivity index (χ4n) is 3.22. The number of nitrogens with zero attached hydrogens (tertiary/aromatic N) is 3. The molecule has 1 heterocycles. The van der Waals surface area contributed by atoms with Gasteiger partial charge in [0, 0.05) is 29.1 Å². The van der Waals surface area contributed by atoms with Gasteiger partial charge < -0.3 is 5.32 Å². The second-order valence-electron chi connectivity index (χ2n) is 7.25. The van der Waals surface area contributed by atoms with E-state index in [0.29, 0.717) is 27.8 Å². The summed E-state index contributed by atoms with van der Waals surface area (Å²) in [4.78, 5) is 27.7. The lowest BCUT2D eigenvalue weighted by Crippen LogP contribution is -2.14. The minimum absolute atomic E-state index is 0.0500. The highest BCUT2D eigenvalue weighted by atomic mass is 32.2. The first-order valence-corrected chi connectivity index (χ1v) is 11.0. The van der Waals surface area contributed by atoms with Crippen LogP contribution in [-0.4, -0.2) is 26.1 Å². The van der Waals surface area contributed by atoms with Crippen LogP contribution in [0.15, 0.2) is 84.1 Å². The van der Waals surface area contributed by atoms with Crippen molar-refractivity contribution in [1.82, 2.24) is 9.55 Å². The SMILES string of the molecule is Cc1ccc(NC(=O)CSc2ncc(-c3cccc([N+](=O)[O-])c3)n2-c2ccc(F)cc2)cc1. The van der Waals surface area contributed by atoms with Crippen LogP contribution >= 0.6 is 11.8 Å². The van der Waals surface area contributed by atoms with Gasteiger partial charge in [-0.1, -0.05) is 41.6 Å². The molecule has 1 amide bonds. The van der Waals surface area contributed by atoms with Crippen LogP contribution in [-0.2, 0) is 4.79 Å². The lowest BCUT2D eigenvalue weighted by molar-refractivity contribution is -0.384. The Morgan fingerprint density at radius 3 is 2.55 bits per heavy atom. The molecule has 7 nitrogen and oxygen atoms in total. The van der Waals surface area contributed by atoms with E-state index in [9.17, 15) is 19.3 Å². The smallest absolute Gasteiger partial charge is 0.270 e. The van der Waals surface area contributed by atoms with Crippen molar-refractivity contribution in [2.45, 2.75) is 12.1 Å². The maximum absolute atomic E-state index is 13.5. The molecular formula is C24H19FN4O3S. The third-order valence-corrected chi connectivity index (χ3v) is 5.79. The number of hydrogen-bond donors (Lipinski definition) is 1. The van der Waals surface area contributed by atoms with Gasteiger partial charge >= 0.3 is 0 Å². The highest BCUT2D eigenvalue weighted by molar-refractivity contribution is 7.99. The van der Waals surface area contributed by atoms with Gasteiger partial charge in [-0.3, -0.25) is 19.5 Å². The number of nitro benzene ring substituents is 1. The molecule has 4 aromatic rings. The van der Waals surface area contributed by atoms with Gasteiger partial charge in [-0.05, 0) is 43.3 Å². The molecule has 4 rings (SSSR count). The number of nitro groups is 1. The molecule has 0 unspecified atom stereocenters. The average molecular weight is 463 g/mol. The number of aryl methyl sites for hydroxylation is 1. The number of thioether (sulfide) groups is 1. The molecule has 0 aliphatic carbocycles. The van der Waals surface area contributed by atoms with Crippen molar-refractivity contribution in [3.8, 4) is 16.9 Å². The summed E-state index contributed by atoms with van der Waals surface area (Å²) in [5.74, 6) is -0.489. The highest BCUT2D eigenvalue weighted by Crippen LogP contribution is 2.31. The van der Waals surface area contributed by atoms with E-state index in [0.717, 1.165) is 5.56 Å². The van der Waals surface area contributed by atoms with Gasteiger partial charge in [-0.25, -0.2) is 9.37 Å². The molecule has 0 bridgehead atoms.